The SMILES string of the molecule is C[C@H](OC(=O)CCCN1C(=O)NC(C)(C)C1=O)C(=O)Nc1cccnc1Cl. The number of pyridine rings is 1. The molecule has 1 saturated heterocycles. The molecule has 0 spiro atoms. The van der Waals surface area contributed by atoms with E-state index in [-0.39, 0.29) is 30.4 Å². The number of amides is 4. The first kappa shape index (κ1) is 20.6. The van der Waals surface area contributed by atoms with Crippen LogP contribution >= 0.6 is 11.6 Å². The highest BCUT2D eigenvalue weighted by atomic mass is 35.5. The number of nitrogens with one attached hydrogen (secondary N) is 2. The first-order chi connectivity index (χ1) is 12.6. The smallest absolute Gasteiger partial charge is 0.325 e. The van der Waals surface area contributed by atoms with Crippen LogP contribution in [0.15, 0.2) is 18.3 Å². The summed E-state index contributed by atoms with van der Waals surface area (Å²) in [4.78, 5) is 52.6. The third-order valence-electron chi connectivity index (χ3n) is 3.90. The lowest BCUT2D eigenvalue weighted by Crippen LogP contribution is -2.40. The van der Waals surface area contributed by atoms with Crippen molar-refractivity contribution in [2.24, 2.45) is 0 Å². The lowest BCUT2D eigenvalue weighted by molar-refractivity contribution is -0.153. The zero-order valence-corrected chi connectivity index (χ0v) is 16.0. The monoisotopic (exact) mass is 396 g/mol. The van der Waals surface area contributed by atoms with Crippen molar-refractivity contribution in [1.82, 2.24) is 15.2 Å². The van der Waals surface area contributed by atoms with Gasteiger partial charge in [-0.1, -0.05) is 11.6 Å². The number of nitrogens with zero attached hydrogens (tertiary/aromatic N) is 2. The minimum absolute atomic E-state index is 0.0389. The first-order valence-electron chi connectivity index (χ1n) is 8.37. The van der Waals surface area contributed by atoms with Crippen LogP contribution in [0.25, 0.3) is 0 Å². The van der Waals surface area contributed by atoms with E-state index >= 15 is 0 Å². The standard InChI is InChI=1S/C17H21ClN4O5/c1-10(14(24)20-11-6-4-8-19-13(11)18)27-12(23)7-5-9-22-15(25)17(2,3)21-16(22)26/h4,6,8,10H,5,7,9H2,1-3H3,(H,20,24)(H,21,26)/t10-/m0/s1. The maximum atomic E-state index is 12.1. The fraction of sp³-hybridized carbons (Fsp3) is 0.471. The number of ether oxygens (including phenoxy) is 1. The van der Waals surface area contributed by atoms with Gasteiger partial charge in [-0.2, -0.15) is 0 Å². The van der Waals surface area contributed by atoms with E-state index in [1.165, 1.54) is 13.1 Å². The Morgan fingerprint density at radius 2 is 2.11 bits per heavy atom. The van der Waals surface area contributed by atoms with Gasteiger partial charge in [0.25, 0.3) is 11.8 Å². The summed E-state index contributed by atoms with van der Waals surface area (Å²) in [5.74, 6) is -1.50. The average Bonchev–Trinajstić information content (AvgIpc) is 2.78. The van der Waals surface area contributed by atoms with Crippen LogP contribution in [-0.2, 0) is 19.1 Å². The summed E-state index contributed by atoms with van der Waals surface area (Å²) in [6, 6.07) is 2.69. The van der Waals surface area contributed by atoms with Crippen LogP contribution in [-0.4, -0.2) is 51.9 Å². The molecule has 0 bridgehead atoms. The molecule has 2 heterocycles. The third kappa shape index (κ3) is 5.16. The molecule has 9 nitrogen and oxygen atoms in total. The number of hydrogen-bond acceptors (Lipinski definition) is 6. The number of rotatable bonds is 7. The second-order valence-electron chi connectivity index (χ2n) is 6.58. The molecule has 0 radical (unpaired) electrons. The Morgan fingerprint density at radius 3 is 2.70 bits per heavy atom. The molecule has 27 heavy (non-hydrogen) atoms. The molecule has 10 heteroatoms. The molecule has 2 rings (SSSR count). The number of urea groups is 1. The van der Waals surface area contributed by atoms with Gasteiger partial charge < -0.3 is 15.4 Å². The topological polar surface area (TPSA) is 118 Å². The Labute approximate surface area is 161 Å². The third-order valence-corrected chi connectivity index (χ3v) is 4.20. The van der Waals surface area contributed by atoms with Gasteiger partial charge in [-0.3, -0.25) is 19.3 Å². The number of carbonyl (C=O) groups is 4. The molecular weight excluding hydrogens is 376 g/mol. The maximum absolute atomic E-state index is 12.1. The average molecular weight is 397 g/mol. The van der Waals surface area contributed by atoms with E-state index in [1.807, 2.05) is 0 Å². The van der Waals surface area contributed by atoms with Crippen LogP contribution in [0.2, 0.25) is 5.15 Å². The van der Waals surface area contributed by atoms with E-state index in [2.05, 4.69) is 15.6 Å². The zero-order chi connectivity index (χ0) is 20.2. The molecule has 0 aliphatic carbocycles. The molecule has 1 atom stereocenters. The summed E-state index contributed by atoms with van der Waals surface area (Å²) in [5, 5.41) is 5.20. The van der Waals surface area contributed by atoms with Crippen molar-refractivity contribution in [3.05, 3.63) is 23.5 Å². The fourth-order valence-electron chi connectivity index (χ4n) is 2.43. The summed E-state index contributed by atoms with van der Waals surface area (Å²) in [6.07, 6.45) is 0.637. The first-order valence-corrected chi connectivity index (χ1v) is 8.74. The maximum Gasteiger partial charge on any atom is 0.325 e. The van der Waals surface area contributed by atoms with Crippen LogP contribution in [0.4, 0.5) is 10.5 Å². The molecule has 146 valence electrons. The second kappa shape index (κ2) is 8.34. The van der Waals surface area contributed by atoms with E-state index in [9.17, 15) is 19.2 Å². The molecule has 1 aromatic rings. The van der Waals surface area contributed by atoms with E-state index in [1.54, 1.807) is 26.0 Å². The molecule has 0 aromatic carbocycles. The van der Waals surface area contributed by atoms with E-state index in [4.69, 9.17) is 16.3 Å². The lowest BCUT2D eigenvalue weighted by Gasteiger charge is -2.16. The van der Waals surface area contributed by atoms with Crippen LogP contribution < -0.4 is 10.6 Å². The predicted molar refractivity (Wildman–Crippen MR) is 97.0 cm³/mol. The molecule has 1 aliphatic heterocycles. The van der Waals surface area contributed by atoms with Gasteiger partial charge in [0.2, 0.25) is 0 Å². The zero-order valence-electron chi connectivity index (χ0n) is 15.2. The molecule has 0 saturated carbocycles. The van der Waals surface area contributed by atoms with E-state index < -0.39 is 29.6 Å². The van der Waals surface area contributed by atoms with Gasteiger partial charge in [0.15, 0.2) is 11.3 Å². The molecule has 1 fully saturated rings. The number of hydrogen-bond donors (Lipinski definition) is 2. The fourth-order valence-corrected chi connectivity index (χ4v) is 2.59. The van der Waals surface area contributed by atoms with Crippen LogP contribution in [0.1, 0.15) is 33.6 Å². The number of esters is 1. The van der Waals surface area contributed by atoms with Gasteiger partial charge in [0.05, 0.1) is 5.69 Å². The number of imide groups is 1. The van der Waals surface area contributed by atoms with Crippen molar-refractivity contribution in [3.8, 4) is 0 Å². The summed E-state index contributed by atoms with van der Waals surface area (Å²) < 4.78 is 5.07. The van der Waals surface area contributed by atoms with Gasteiger partial charge in [-0.05, 0) is 39.3 Å². The van der Waals surface area contributed by atoms with Gasteiger partial charge in [-0.25, -0.2) is 9.78 Å². The Bertz CT molecular complexity index is 767. The molecule has 4 amide bonds. The van der Waals surface area contributed by atoms with Crippen molar-refractivity contribution in [3.63, 3.8) is 0 Å². The van der Waals surface area contributed by atoms with Gasteiger partial charge in [0, 0.05) is 19.2 Å². The number of anilines is 1. The number of aromatic nitrogens is 1. The van der Waals surface area contributed by atoms with E-state index in [0.29, 0.717) is 5.69 Å². The second-order valence-corrected chi connectivity index (χ2v) is 6.94. The van der Waals surface area contributed by atoms with E-state index in [0.717, 1.165) is 4.90 Å². The molecule has 2 N–H and O–H groups in total. The quantitative estimate of drug-likeness (QED) is 0.411. The highest BCUT2D eigenvalue weighted by Crippen LogP contribution is 2.18. The Balaban J connectivity index is 1.77. The van der Waals surface area contributed by atoms with Crippen molar-refractivity contribution in [1.29, 1.82) is 0 Å². The van der Waals surface area contributed by atoms with Gasteiger partial charge in [0.1, 0.15) is 5.54 Å². The molecule has 0 unspecified atom stereocenters. The normalized spacial score (nSPS) is 16.7. The predicted octanol–water partition coefficient (Wildman–Crippen LogP) is 1.72. The van der Waals surface area contributed by atoms with Crippen molar-refractivity contribution < 1.29 is 23.9 Å². The van der Waals surface area contributed by atoms with Crippen molar-refractivity contribution in [2.75, 3.05) is 11.9 Å². The molecule has 1 aliphatic rings. The Kier molecular flexibility index (Phi) is 6.37. The van der Waals surface area contributed by atoms with Gasteiger partial charge >= 0.3 is 12.0 Å². The Hall–Kier alpha value is -2.68. The largest absolute Gasteiger partial charge is 0.453 e. The van der Waals surface area contributed by atoms with Crippen LogP contribution in [0.5, 0.6) is 0 Å². The summed E-state index contributed by atoms with van der Waals surface area (Å²) in [5.41, 5.74) is -0.633. The minimum atomic E-state index is -1.04. The van der Waals surface area contributed by atoms with Crippen LogP contribution in [0.3, 0.4) is 0 Å². The number of halogens is 1. The molecule has 1 aromatic heterocycles. The lowest BCUT2D eigenvalue weighted by atomic mass is 10.1. The number of carbonyl (C=O) groups excluding carboxylic acids is 4. The highest BCUT2D eigenvalue weighted by molar-refractivity contribution is 6.32. The highest BCUT2D eigenvalue weighted by Gasteiger charge is 2.43. The van der Waals surface area contributed by atoms with Crippen LogP contribution in [0, 0.1) is 0 Å². The van der Waals surface area contributed by atoms with Crippen molar-refractivity contribution in [2.45, 2.75) is 45.3 Å². The van der Waals surface area contributed by atoms with Gasteiger partial charge in [-0.15, -0.1) is 0 Å². The Morgan fingerprint density at radius 1 is 1.41 bits per heavy atom. The minimum Gasteiger partial charge on any atom is -0.453 e. The summed E-state index contributed by atoms with van der Waals surface area (Å²) in [7, 11) is 0. The molecular formula is C17H21ClN4O5. The summed E-state index contributed by atoms with van der Waals surface area (Å²) in [6.45, 7) is 4.74. The van der Waals surface area contributed by atoms with Crippen molar-refractivity contribution >= 4 is 41.1 Å². The summed E-state index contributed by atoms with van der Waals surface area (Å²) >= 11 is 5.85.